The van der Waals surface area contributed by atoms with Gasteiger partial charge in [-0.3, -0.25) is 9.46 Å². The molecule has 0 N–H and O–H groups in total. The fourth-order valence-corrected chi connectivity index (χ4v) is 13.4. The lowest BCUT2D eigenvalue weighted by molar-refractivity contribution is 0.254. The predicted octanol–water partition coefficient (Wildman–Crippen LogP) is 5.69. The van der Waals surface area contributed by atoms with Crippen molar-refractivity contribution in [2.75, 3.05) is 31.7 Å². The Bertz CT molecular complexity index is 750. The number of likely N-dealkylation sites (tertiary alicyclic amines) is 1. The third-order valence-electron chi connectivity index (χ3n) is 5.10. The summed E-state index contributed by atoms with van der Waals surface area (Å²) in [4.78, 5) is 2.39. The minimum atomic E-state index is -2.70. The molecule has 29 heavy (non-hydrogen) atoms. The van der Waals surface area contributed by atoms with Crippen LogP contribution in [0.5, 0.6) is 0 Å². The van der Waals surface area contributed by atoms with Crippen molar-refractivity contribution >= 4 is 34.2 Å². The van der Waals surface area contributed by atoms with Gasteiger partial charge in [0.25, 0.3) is 0 Å². The molecule has 0 bridgehead atoms. The summed E-state index contributed by atoms with van der Waals surface area (Å²) in [5.41, 5.74) is 0. The first-order valence-corrected chi connectivity index (χ1v) is 17.7. The van der Waals surface area contributed by atoms with Crippen molar-refractivity contribution < 1.29 is 8.78 Å². The van der Waals surface area contributed by atoms with E-state index in [-0.39, 0.29) is 0 Å². The standard InChI is InChI=1S/C23H35NO2P2Si/c1-29(2,3)26-28(25,21-24-17-11-6-12-18-24)20-19-27(22-13-7-4-8-14-22)23-15-9-5-10-16-23/h4-5,7-10,13-16H,6,11-12,17-21H2,1-3H3. The maximum Gasteiger partial charge on any atom is 0.207 e. The van der Waals surface area contributed by atoms with Gasteiger partial charge >= 0.3 is 0 Å². The molecule has 0 aromatic heterocycles. The van der Waals surface area contributed by atoms with Gasteiger partial charge in [-0.05, 0) is 70.3 Å². The number of piperidine rings is 1. The zero-order valence-electron chi connectivity index (χ0n) is 18.1. The fraction of sp³-hybridized carbons (Fsp3) is 0.478. The van der Waals surface area contributed by atoms with E-state index in [9.17, 15) is 4.57 Å². The summed E-state index contributed by atoms with van der Waals surface area (Å²) >= 11 is 0. The molecule has 0 spiro atoms. The molecule has 0 radical (unpaired) electrons. The lowest BCUT2D eigenvalue weighted by Crippen LogP contribution is -2.34. The Morgan fingerprint density at radius 3 is 1.90 bits per heavy atom. The maximum atomic E-state index is 14.0. The molecule has 1 fully saturated rings. The Hall–Kier alpha value is -0.763. The summed E-state index contributed by atoms with van der Waals surface area (Å²) in [5, 5.41) is 2.71. The first-order valence-electron chi connectivity index (χ1n) is 10.7. The van der Waals surface area contributed by atoms with Gasteiger partial charge in [0, 0.05) is 6.16 Å². The molecule has 0 aliphatic carbocycles. The van der Waals surface area contributed by atoms with E-state index in [1.807, 2.05) is 0 Å². The Kier molecular flexibility index (Phi) is 8.30. The van der Waals surface area contributed by atoms with Crippen molar-refractivity contribution in [2.24, 2.45) is 0 Å². The molecule has 1 aliphatic rings. The van der Waals surface area contributed by atoms with Gasteiger partial charge in [0.2, 0.25) is 7.37 Å². The average Bonchev–Trinajstić information content (AvgIpc) is 2.69. The topological polar surface area (TPSA) is 29.5 Å². The first kappa shape index (κ1) is 22.9. The SMILES string of the molecule is C[Si](C)(C)OP(=O)(CCP(c1ccccc1)c1ccccc1)CN1CCCCC1. The lowest BCUT2D eigenvalue weighted by Gasteiger charge is -2.34. The average molecular weight is 448 g/mol. The van der Waals surface area contributed by atoms with E-state index in [4.69, 9.17) is 4.21 Å². The Morgan fingerprint density at radius 1 is 0.897 bits per heavy atom. The van der Waals surface area contributed by atoms with Crippen molar-refractivity contribution in [3.8, 4) is 0 Å². The molecule has 1 atom stereocenters. The molecule has 6 heteroatoms. The number of hydrogen-bond donors (Lipinski definition) is 0. The van der Waals surface area contributed by atoms with Gasteiger partial charge < -0.3 is 4.21 Å². The normalized spacial score (nSPS) is 17.9. The van der Waals surface area contributed by atoms with Crippen LogP contribution in [0.15, 0.2) is 60.7 Å². The van der Waals surface area contributed by atoms with Crippen LogP contribution < -0.4 is 10.6 Å². The third kappa shape index (κ3) is 7.46. The van der Waals surface area contributed by atoms with Crippen LogP contribution >= 0.6 is 15.3 Å². The molecule has 1 aliphatic heterocycles. The van der Waals surface area contributed by atoms with Crippen molar-refractivity contribution in [3.63, 3.8) is 0 Å². The van der Waals surface area contributed by atoms with Gasteiger partial charge in [0.05, 0.1) is 6.29 Å². The zero-order valence-corrected chi connectivity index (χ0v) is 20.9. The molecule has 1 heterocycles. The van der Waals surface area contributed by atoms with E-state index < -0.39 is 23.6 Å². The fourth-order valence-electron chi connectivity index (χ4n) is 3.93. The monoisotopic (exact) mass is 447 g/mol. The molecule has 3 nitrogen and oxygen atoms in total. The van der Waals surface area contributed by atoms with Gasteiger partial charge in [-0.15, -0.1) is 0 Å². The van der Waals surface area contributed by atoms with Gasteiger partial charge in [0.1, 0.15) is 0 Å². The van der Waals surface area contributed by atoms with E-state index in [1.165, 1.54) is 29.9 Å². The highest BCUT2D eigenvalue weighted by molar-refractivity contribution is 7.74. The summed E-state index contributed by atoms with van der Waals surface area (Å²) in [5.74, 6) is 0. The first-order chi connectivity index (χ1) is 13.8. The molecule has 0 amide bonds. The number of hydrogen-bond acceptors (Lipinski definition) is 3. The Labute approximate surface area is 179 Å². The molecule has 2 aromatic rings. The predicted molar refractivity (Wildman–Crippen MR) is 131 cm³/mol. The van der Waals surface area contributed by atoms with E-state index in [2.05, 4.69) is 85.2 Å². The minimum Gasteiger partial charge on any atom is -0.369 e. The molecule has 0 saturated carbocycles. The summed E-state index contributed by atoms with van der Waals surface area (Å²) in [6.45, 7) is 8.60. The summed E-state index contributed by atoms with van der Waals surface area (Å²) in [7, 11) is -5.13. The van der Waals surface area contributed by atoms with Gasteiger partial charge in [-0.2, -0.15) is 0 Å². The van der Waals surface area contributed by atoms with Crippen LogP contribution in [0, 0.1) is 0 Å². The lowest BCUT2D eigenvalue weighted by atomic mass is 10.1. The van der Waals surface area contributed by atoms with Crippen LogP contribution in [0.4, 0.5) is 0 Å². The van der Waals surface area contributed by atoms with Crippen LogP contribution in [0.25, 0.3) is 0 Å². The molecular formula is C23H35NO2P2Si. The minimum absolute atomic E-state index is 0.535. The van der Waals surface area contributed by atoms with Gasteiger partial charge in [-0.25, -0.2) is 0 Å². The van der Waals surface area contributed by atoms with Crippen molar-refractivity contribution in [3.05, 3.63) is 60.7 Å². The van der Waals surface area contributed by atoms with Crippen molar-refractivity contribution in [2.45, 2.75) is 38.9 Å². The Balaban J connectivity index is 1.80. The van der Waals surface area contributed by atoms with Crippen molar-refractivity contribution in [1.29, 1.82) is 0 Å². The smallest absolute Gasteiger partial charge is 0.207 e. The zero-order chi connectivity index (χ0) is 20.7. The molecule has 1 saturated heterocycles. The molecular weight excluding hydrogens is 412 g/mol. The van der Waals surface area contributed by atoms with E-state index >= 15 is 0 Å². The van der Waals surface area contributed by atoms with E-state index in [0.29, 0.717) is 12.4 Å². The molecule has 2 aromatic carbocycles. The molecule has 3 rings (SSSR count). The van der Waals surface area contributed by atoms with Crippen LogP contribution in [0.1, 0.15) is 19.3 Å². The summed E-state index contributed by atoms with van der Waals surface area (Å²) < 4.78 is 20.5. The second-order valence-corrected chi connectivity index (χ2v) is 18.5. The number of rotatable bonds is 9. The summed E-state index contributed by atoms with van der Waals surface area (Å²) in [6, 6.07) is 21.4. The Morgan fingerprint density at radius 2 is 1.41 bits per heavy atom. The van der Waals surface area contributed by atoms with Crippen LogP contribution in [0.2, 0.25) is 19.6 Å². The van der Waals surface area contributed by atoms with Gasteiger partial charge in [0.15, 0.2) is 8.32 Å². The molecule has 1 unspecified atom stereocenters. The van der Waals surface area contributed by atoms with Crippen LogP contribution in [-0.2, 0) is 8.78 Å². The van der Waals surface area contributed by atoms with E-state index in [1.54, 1.807) is 0 Å². The summed E-state index contributed by atoms with van der Waals surface area (Å²) in [6.07, 6.45) is 5.94. The highest BCUT2D eigenvalue weighted by Crippen LogP contribution is 2.52. The highest BCUT2D eigenvalue weighted by atomic mass is 31.2. The number of nitrogens with zero attached hydrogens (tertiary/aromatic N) is 1. The van der Waals surface area contributed by atoms with Gasteiger partial charge in [-0.1, -0.05) is 67.1 Å². The maximum absolute atomic E-state index is 14.0. The van der Waals surface area contributed by atoms with Crippen molar-refractivity contribution in [1.82, 2.24) is 4.90 Å². The highest BCUT2D eigenvalue weighted by Gasteiger charge is 2.33. The van der Waals surface area contributed by atoms with E-state index in [0.717, 1.165) is 19.3 Å². The van der Waals surface area contributed by atoms with Crippen LogP contribution in [0.3, 0.4) is 0 Å². The third-order valence-corrected chi connectivity index (χ3v) is 13.2. The molecule has 158 valence electrons. The van der Waals surface area contributed by atoms with Crippen LogP contribution in [-0.4, -0.2) is 44.9 Å². The largest absolute Gasteiger partial charge is 0.369 e. The second kappa shape index (κ2) is 10.5. The quantitative estimate of drug-likeness (QED) is 0.365. The number of benzene rings is 2. The second-order valence-electron chi connectivity index (χ2n) is 8.88.